The molecule has 3 rings (SSSR count). The highest BCUT2D eigenvalue weighted by Crippen LogP contribution is 2.35. The van der Waals surface area contributed by atoms with Gasteiger partial charge in [0.05, 0.1) is 9.82 Å². The van der Waals surface area contributed by atoms with Gasteiger partial charge in [0.1, 0.15) is 0 Å². The van der Waals surface area contributed by atoms with Crippen LogP contribution in [0.2, 0.25) is 0 Å². The van der Waals surface area contributed by atoms with Crippen LogP contribution in [-0.2, 0) is 14.8 Å². The summed E-state index contributed by atoms with van der Waals surface area (Å²) in [5, 5.41) is 13.5. The van der Waals surface area contributed by atoms with Gasteiger partial charge in [-0.15, -0.1) is 0 Å². The molecule has 8 nitrogen and oxygen atoms in total. The molecule has 9 heteroatoms. The van der Waals surface area contributed by atoms with E-state index in [0.29, 0.717) is 16.8 Å². The van der Waals surface area contributed by atoms with E-state index in [1.165, 1.54) is 49.5 Å². The molecule has 0 aromatic heterocycles. The van der Waals surface area contributed by atoms with E-state index < -0.39 is 20.9 Å². The van der Waals surface area contributed by atoms with Gasteiger partial charge in [0, 0.05) is 29.0 Å². The number of nitrogens with zero attached hydrogens (tertiary/aromatic N) is 1. The molecule has 2 N–H and O–H groups in total. The average molecular weight is 359 g/mol. The first kappa shape index (κ1) is 16.8. The molecule has 0 radical (unpaired) electrons. The van der Waals surface area contributed by atoms with Crippen molar-refractivity contribution in [3.8, 4) is 0 Å². The second-order valence-corrected chi connectivity index (χ2v) is 7.17. The summed E-state index contributed by atoms with van der Waals surface area (Å²) in [7, 11) is -2.36. The first-order chi connectivity index (χ1) is 11.8. The minimum absolute atomic E-state index is 0.0233. The standard InChI is InChI=1S/C16H13N3O5S/c1-17-25(23,24)12-5-6-15-13(9-12)14(16(20)18-15)8-10-3-2-4-11(7-10)19(21)22/h2-9,17H,1H3,(H,18,20). The van der Waals surface area contributed by atoms with Crippen LogP contribution in [0, 0.1) is 10.1 Å². The van der Waals surface area contributed by atoms with Gasteiger partial charge in [0.25, 0.3) is 11.6 Å². The number of hydrogen-bond acceptors (Lipinski definition) is 5. The van der Waals surface area contributed by atoms with Gasteiger partial charge in [-0.1, -0.05) is 12.1 Å². The van der Waals surface area contributed by atoms with E-state index in [9.17, 15) is 23.3 Å². The lowest BCUT2D eigenvalue weighted by Gasteiger charge is -2.05. The largest absolute Gasteiger partial charge is 0.321 e. The number of non-ortho nitro benzene ring substituents is 1. The predicted octanol–water partition coefficient (Wildman–Crippen LogP) is 2.00. The molecule has 25 heavy (non-hydrogen) atoms. The second-order valence-electron chi connectivity index (χ2n) is 5.28. The van der Waals surface area contributed by atoms with E-state index in [-0.39, 0.29) is 16.2 Å². The number of nitro benzene ring substituents is 1. The van der Waals surface area contributed by atoms with Gasteiger partial charge in [0.15, 0.2) is 0 Å². The highest BCUT2D eigenvalue weighted by Gasteiger charge is 2.26. The van der Waals surface area contributed by atoms with E-state index in [1.807, 2.05) is 0 Å². The van der Waals surface area contributed by atoms with Gasteiger partial charge >= 0.3 is 0 Å². The molecule has 2 aromatic carbocycles. The van der Waals surface area contributed by atoms with Crippen LogP contribution >= 0.6 is 0 Å². The van der Waals surface area contributed by atoms with Crippen molar-refractivity contribution in [3.63, 3.8) is 0 Å². The van der Waals surface area contributed by atoms with E-state index in [2.05, 4.69) is 10.0 Å². The molecule has 1 aliphatic heterocycles. The van der Waals surface area contributed by atoms with E-state index in [0.717, 1.165) is 0 Å². The summed E-state index contributed by atoms with van der Waals surface area (Å²) in [6.07, 6.45) is 1.49. The van der Waals surface area contributed by atoms with Gasteiger partial charge in [0.2, 0.25) is 10.0 Å². The summed E-state index contributed by atoms with van der Waals surface area (Å²) in [4.78, 5) is 22.6. The van der Waals surface area contributed by atoms with Gasteiger partial charge < -0.3 is 5.32 Å². The first-order valence-corrected chi connectivity index (χ1v) is 8.65. The Morgan fingerprint density at radius 2 is 1.96 bits per heavy atom. The van der Waals surface area contributed by atoms with Crippen LogP contribution < -0.4 is 10.0 Å². The normalized spacial score (nSPS) is 15.1. The van der Waals surface area contributed by atoms with Gasteiger partial charge in [-0.25, -0.2) is 13.1 Å². The number of hydrogen-bond donors (Lipinski definition) is 2. The minimum atomic E-state index is -3.66. The molecule has 1 amide bonds. The summed E-state index contributed by atoms with van der Waals surface area (Å²) >= 11 is 0. The van der Waals surface area contributed by atoms with Crippen molar-refractivity contribution in [3.05, 3.63) is 63.7 Å². The maximum Gasteiger partial charge on any atom is 0.270 e. The summed E-state index contributed by atoms with van der Waals surface area (Å²) in [5.41, 5.74) is 1.52. The van der Waals surface area contributed by atoms with Crippen LogP contribution in [0.15, 0.2) is 47.4 Å². The van der Waals surface area contributed by atoms with Crippen LogP contribution in [0.1, 0.15) is 11.1 Å². The minimum Gasteiger partial charge on any atom is -0.321 e. The number of anilines is 1. The van der Waals surface area contributed by atoms with E-state index in [4.69, 9.17) is 0 Å². The number of nitro groups is 1. The number of fused-ring (bicyclic) bond motifs is 1. The smallest absolute Gasteiger partial charge is 0.270 e. The van der Waals surface area contributed by atoms with E-state index in [1.54, 1.807) is 6.07 Å². The summed E-state index contributed by atoms with van der Waals surface area (Å²) < 4.78 is 26.1. The lowest BCUT2D eigenvalue weighted by atomic mass is 10.0. The third-order valence-corrected chi connectivity index (χ3v) is 5.16. The Labute approximate surface area is 143 Å². The zero-order chi connectivity index (χ0) is 18.2. The molecular formula is C16H13N3O5S. The molecule has 2 aromatic rings. The molecule has 0 bridgehead atoms. The predicted molar refractivity (Wildman–Crippen MR) is 92.3 cm³/mol. The Kier molecular flexibility index (Phi) is 4.11. The van der Waals surface area contributed by atoms with Crippen LogP contribution in [0.4, 0.5) is 11.4 Å². The molecule has 0 aliphatic carbocycles. The Morgan fingerprint density at radius 1 is 1.20 bits per heavy atom. The SMILES string of the molecule is CNS(=O)(=O)c1ccc2c(c1)C(=Cc1cccc([N+](=O)[O-])c1)C(=O)N2. The van der Waals surface area contributed by atoms with Crippen LogP contribution in [0.3, 0.4) is 0 Å². The fourth-order valence-electron chi connectivity index (χ4n) is 2.49. The number of carbonyl (C=O) groups excluding carboxylic acids is 1. The first-order valence-electron chi connectivity index (χ1n) is 7.17. The Bertz CT molecular complexity index is 1030. The van der Waals surface area contributed by atoms with Gasteiger partial charge in [-0.3, -0.25) is 14.9 Å². The van der Waals surface area contributed by atoms with Crippen molar-refractivity contribution in [1.82, 2.24) is 4.72 Å². The fourth-order valence-corrected chi connectivity index (χ4v) is 3.25. The molecule has 0 atom stereocenters. The third kappa shape index (κ3) is 3.14. The quantitative estimate of drug-likeness (QED) is 0.492. The third-order valence-electron chi connectivity index (χ3n) is 3.75. The molecule has 0 spiro atoms. The van der Waals surface area contributed by atoms with Crippen molar-refractivity contribution < 1.29 is 18.1 Å². The number of rotatable bonds is 4. The van der Waals surface area contributed by atoms with Crippen LogP contribution in [-0.4, -0.2) is 26.3 Å². The summed E-state index contributed by atoms with van der Waals surface area (Å²) in [6, 6.07) is 10.1. The van der Waals surface area contributed by atoms with Crippen molar-refractivity contribution >= 4 is 39.0 Å². The lowest BCUT2D eigenvalue weighted by Crippen LogP contribution is -2.18. The molecule has 0 saturated carbocycles. The Balaban J connectivity index is 2.11. The highest BCUT2D eigenvalue weighted by molar-refractivity contribution is 7.89. The number of benzene rings is 2. The maximum atomic E-state index is 12.2. The van der Waals surface area contributed by atoms with E-state index >= 15 is 0 Å². The average Bonchev–Trinajstić information content (AvgIpc) is 2.90. The number of carbonyl (C=O) groups is 1. The fraction of sp³-hybridized carbons (Fsp3) is 0.0625. The number of amides is 1. The molecule has 128 valence electrons. The molecule has 0 fully saturated rings. The summed E-state index contributed by atoms with van der Waals surface area (Å²) in [6.45, 7) is 0. The number of nitrogens with one attached hydrogen (secondary N) is 2. The van der Waals surface area contributed by atoms with Crippen LogP contribution in [0.5, 0.6) is 0 Å². The summed E-state index contributed by atoms with van der Waals surface area (Å²) in [5.74, 6) is -0.402. The Morgan fingerprint density at radius 3 is 2.64 bits per heavy atom. The van der Waals surface area contributed by atoms with Gasteiger partial charge in [-0.2, -0.15) is 0 Å². The zero-order valence-corrected chi connectivity index (χ0v) is 13.8. The highest BCUT2D eigenvalue weighted by atomic mass is 32.2. The molecule has 0 unspecified atom stereocenters. The maximum absolute atomic E-state index is 12.2. The molecular weight excluding hydrogens is 346 g/mol. The van der Waals surface area contributed by atoms with Crippen LogP contribution in [0.25, 0.3) is 11.6 Å². The lowest BCUT2D eigenvalue weighted by molar-refractivity contribution is -0.384. The topological polar surface area (TPSA) is 118 Å². The van der Waals surface area contributed by atoms with Gasteiger partial charge in [-0.05, 0) is 36.9 Å². The molecule has 0 saturated heterocycles. The molecule has 1 heterocycles. The van der Waals surface area contributed by atoms with Crippen molar-refractivity contribution in [2.45, 2.75) is 4.90 Å². The zero-order valence-electron chi connectivity index (χ0n) is 13.0. The van der Waals surface area contributed by atoms with Crippen molar-refractivity contribution in [2.75, 3.05) is 12.4 Å². The second kappa shape index (κ2) is 6.11. The molecule has 1 aliphatic rings. The van der Waals surface area contributed by atoms with Crippen molar-refractivity contribution in [1.29, 1.82) is 0 Å². The monoisotopic (exact) mass is 359 g/mol. The number of sulfonamides is 1. The Hall–Kier alpha value is -3.04. The van der Waals surface area contributed by atoms with Crippen molar-refractivity contribution in [2.24, 2.45) is 0 Å².